The summed E-state index contributed by atoms with van der Waals surface area (Å²) in [6.45, 7) is 5.81. The van der Waals surface area contributed by atoms with E-state index in [1.165, 1.54) is 39.3 Å². The van der Waals surface area contributed by atoms with E-state index in [2.05, 4.69) is 40.2 Å². The van der Waals surface area contributed by atoms with Gasteiger partial charge in [-0.05, 0) is 30.4 Å². The van der Waals surface area contributed by atoms with Gasteiger partial charge in [-0.15, -0.1) is 17.9 Å². The number of carbonyl (C=O) groups is 1. The highest BCUT2D eigenvalue weighted by Crippen LogP contribution is 2.38. The van der Waals surface area contributed by atoms with E-state index in [1.54, 1.807) is 10.6 Å². The van der Waals surface area contributed by atoms with E-state index >= 15 is 0 Å². The Hall–Kier alpha value is -4.56. The van der Waals surface area contributed by atoms with Crippen molar-refractivity contribution in [1.82, 2.24) is 23.3 Å². The van der Waals surface area contributed by atoms with E-state index in [1.807, 2.05) is 4.57 Å². The lowest BCUT2D eigenvalue weighted by molar-refractivity contribution is -0.121. The van der Waals surface area contributed by atoms with Crippen LogP contribution in [0.3, 0.4) is 0 Å². The van der Waals surface area contributed by atoms with Crippen LogP contribution in [0.25, 0.3) is 5.69 Å². The summed E-state index contributed by atoms with van der Waals surface area (Å²) in [5, 5.41) is 5.04. The maximum absolute atomic E-state index is 14.5. The standard InChI is InChI=1S/C18H17FN4O2S.C15H13Cl2N3O2/c1-4-5-22-13-7-12(11(19)6-14(13)25-9-16(22)24)20-17-23-10-18(2,3)8-15(23)21-26-17;1-2-7-22-13-9-12(10(16)8-11(13)17)20-15(21)19-6-4-3-5-14(19)18-20/h1,6-7H,5,8-10H2,2-3H3;1,8-9H,3-7H2/b20-17-;. The van der Waals surface area contributed by atoms with Crippen molar-refractivity contribution in [2.75, 3.05) is 24.7 Å². The number of aromatic nitrogens is 5. The number of terminal acetylenes is 2. The van der Waals surface area contributed by atoms with Crippen molar-refractivity contribution in [2.24, 2.45) is 10.4 Å². The minimum absolute atomic E-state index is 0.0788. The Morgan fingerprint density at radius 2 is 1.90 bits per heavy atom. The molecule has 7 rings (SSSR count). The molecule has 3 aliphatic rings. The first-order valence-electron chi connectivity index (χ1n) is 15.0. The number of amides is 1. The molecule has 11 nitrogen and oxygen atoms in total. The summed E-state index contributed by atoms with van der Waals surface area (Å²) >= 11 is 13.5. The molecule has 0 aliphatic carbocycles. The molecular weight excluding hydrogens is 680 g/mol. The molecule has 5 heterocycles. The fourth-order valence-electron chi connectivity index (χ4n) is 5.71. The minimum atomic E-state index is -0.515. The third-order valence-corrected chi connectivity index (χ3v) is 9.32. The molecule has 0 radical (unpaired) electrons. The summed E-state index contributed by atoms with van der Waals surface area (Å²) in [5.74, 6) is 6.43. The number of aryl methyl sites for hydroxylation is 1. The second-order valence-electron chi connectivity index (χ2n) is 12.1. The zero-order chi connectivity index (χ0) is 34.2. The number of ether oxygens (including phenoxy) is 2. The zero-order valence-corrected chi connectivity index (χ0v) is 28.5. The number of halogens is 3. The van der Waals surface area contributed by atoms with Gasteiger partial charge in [-0.25, -0.2) is 14.2 Å². The topological polar surface area (TPSA) is 109 Å². The van der Waals surface area contributed by atoms with Crippen molar-refractivity contribution < 1.29 is 18.7 Å². The van der Waals surface area contributed by atoms with Crippen molar-refractivity contribution in [3.63, 3.8) is 0 Å². The van der Waals surface area contributed by atoms with E-state index < -0.39 is 5.82 Å². The number of hydrogen-bond donors (Lipinski definition) is 0. The summed E-state index contributed by atoms with van der Waals surface area (Å²) < 4.78 is 34.7. The molecule has 4 aromatic rings. The SMILES string of the molecule is C#CCN1C(=O)COc2cc(F)c(/N=c3\snc4n3CC(C)(C)C4)cc21.C#CCOc1cc(-n2nc3n(c2=O)CCCC3)c(Cl)cc1Cl. The van der Waals surface area contributed by atoms with Gasteiger partial charge in [0.1, 0.15) is 35.4 Å². The number of rotatable bonds is 5. The highest BCUT2D eigenvalue weighted by Gasteiger charge is 2.31. The average Bonchev–Trinajstić information content (AvgIpc) is 3.68. The second-order valence-corrected chi connectivity index (χ2v) is 13.7. The van der Waals surface area contributed by atoms with E-state index in [0.29, 0.717) is 44.3 Å². The number of anilines is 1. The molecule has 248 valence electrons. The first-order valence-corrected chi connectivity index (χ1v) is 16.6. The average molecular weight is 711 g/mol. The highest BCUT2D eigenvalue weighted by molar-refractivity contribution is 7.02. The first kappa shape index (κ1) is 33.3. The molecule has 2 aromatic heterocycles. The van der Waals surface area contributed by atoms with Gasteiger partial charge in [0.25, 0.3) is 5.91 Å². The smallest absolute Gasteiger partial charge is 0.350 e. The molecule has 2 aromatic carbocycles. The maximum Gasteiger partial charge on any atom is 0.350 e. The maximum atomic E-state index is 14.5. The summed E-state index contributed by atoms with van der Waals surface area (Å²) in [7, 11) is 0. The number of benzene rings is 2. The Morgan fingerprint density at radius 3 is 2.65 bits per heavy atom. The lowest BCUT2D eigenvalue weighted by Gasteiger charge is -2.28. The zero-order valence-electron chi connectivity index (χ0n) is 26.1. The van der Waals surface area contributed by atoms with Gasteiger partial charge in [0.2, 0.25) is 4.80 Å². The van der Waals surface area contributed by atoms with Gasteiger partial charge in [0.05, 0.1) is 28.0 Å². The molecule has 1 amide bonds. The molecular formula is C33H30Cl2FN7O4S. The molecule has 0 spiro atoms. The normalized spacial score (nSPS) is 16.1. The van der Waals surface area contributed by atoms with Gasteiger partial charge >= 0.3 is 5.69 Å². The quantitative estimate of drug-likeness (QED) is 0.272. The molecule has 0 atom stereocenters. The molecule has 0 saturated carbocycles. The first-order chi connectivity index (χ1) is 23.0. The minimum Gasteiger partial charge on any atom is -0.481 e. The Balaban J connectivity index is 0.000000170. The summed E-state index contributed by atoms with van der Waals surface area (Å²) in [4.78, 5) is 31.0. The van der Waals surface area contributed by atoms with Crippen molar-refractivity contribution in [3.8, 4) is 41.9 Å². The van der Waals surface area contributed by atoms with Crippen LogP contribution in [0.1, 0.15) is 38.3 Å². The molecule has 0 saturated heterocycles. The van der Waals surface area contributed by atoms with Crippen molar-refractivity contribution in [1.29, 1.82) is 0 Å². The van der Waals surface area contributed by atoms with Gasteiger partial charge in [0, 0.05) is 49.6 Å². The summed E-state index contributed by atoms with van der Waals surface area (Å²) in [6.07, 6.45) is 14.2. The predicted octanol–water partition coefficient (Wildman–Crippen LogP) is 4.95. The molecule has 15 heteroatoms. The number of fused-ring (bicyclic) bond motifs is 3. The van der Waals surface area contributed by atoms with Gasteiger partial charge in [-0.3, -0.25) is 14.3 Å². The lowest BCUT2D eigenvalue weighted by Crippen LogP contribution is -2.39. The molecule has 0 N–H and O–H groups in total. The van der Waals surface area contributed by atoms with Crippen LogP contribution in [0.4, 0.5) is 15.8 Å². The fourth-order valence-corrected chi connectivity index (χ4v) is 6.99. The molecule has 0 unspecified atom stereocenters. The van der Waals surface area contributed by atoms with Crippen LogP contribution >= 0.6 is 34.7 Å². The van der Waals surface area contributed by atoms with Crippen LogP contribution in [0, 0.1) is 35.9 Å². The molecule has 48 heavy (non-hydrogen) atoms. The van der Waals surface area contributed by atoms with E-state index in [0.717, 1.165) is 43.9 Å². The van der Waals surface area contributed by atoms with Crippen LogP contribution in [-0.2, 0) is 30.7 Å². The monoisotopic (exact) mass is 709 g/mol. The number of carbonyl (C=O) groups excluding carboxylic acids is 1. The van der Waals surface area contributed by atoms with Crippen molar-refractivity contribution >= 4 is 52.0 Å². The second kappa shape index (κ2) is 13.5. The largest absolute Gasteiger partial charge is 0.481 e. The molecule has 3 aliphatic heterocycles. The summed E-state index contributed by atoms with van der Waals surface area (Å²) in [6, 6.07) is 5.86. The molecule has 0 fully saturated rings. The van der Waals surface area contributed by atoms with Gasteiger partial charge < -0.3 is 14.0 Å². The molecule has 0 bridgehead atoms. The number of hydrogen-bond acceptors (Lipinski definition) is 8. The van der Waals surface area contributed by atoms with Crippen LogP contribution in [0.5, 0.6) is 11.5 Å². The van der Waals surface area contributed by atoms with Crippen molar-refractivity contribution in [2.45, 2.75) is 52.6 Å². The number of nitrogens with zero attached hydrogens (tertiary/aromatic N) is 7. The Morgan fingerprint density at radius 1 is 1.08 bits per heavy atom. The van der Waals surface area contributed by atoms with Gasteiger partial charge in [0.15, 0.2) is 12.4 Å². The van der Waals surface area contributed by atoms with Crippen LogP contribution < -0.4 is 24.9 Å². The fraction of sp³-hybridized carbons (Fsp3) is 0.364. The highest BCUT2D eigenvalue weighted by atomic mass is 35.5. The van der Waals surface area contributed by atoms with E-state index in [-0.39, 0.29) is 42.5 Å². The van der Waals surface area contributed by atoms with E-state index in [9.17, 15) is 14.0 Å². The third kappa shape index (κ3) is 6.59. The van der Waals surface area contributed by atoms with E-state index in [4.69, 9.17) is 45.5 Å². The van der Waals surface area contributed by atoms with Crippen LogP contribution in [0.2, 0.25) is 10.0 Å². The Labute approximate surface area is 289 Å². The third-order valence-electron chi connectivity index (χ3n) is 7.95. The van der Waals surface area contributed by atoms with Crippen molar-refractivity contribution in [3.05, 3.63) is 67.1 Å². The Kier molecular flexibility index (Phi) is 9.39. The van der Waals surface area contributed by atoms with Gasteiger partial charge in [-0.2, -0.15) is 9.06 Å². The Bertz CT molecular complexity index is 2140. The van der Waals surface area contributed by atoms with Crippen LogP contribution in [0.15, 0.2) is 34.1 Å². The van der Waals surface area contributed by atoms with Crippen LogP contribution in [-0.4, -0.2) is 49.0 Å². The predicted molar refractivity (Wildman–Crippen MR) is 181 cm³/mol. The lowest BCUT2D eigenvalue weighted by atomic mass is 9.92. The summed E-state index contributed by atoms with van der Waals surface area (Å²) in [5.41, 5.74) is 0.907. The van der Waals surface area contributed by atoms with Gasteiger partial charge in [-0.1, -0.05) is 48.9 Å².